The van der Waals surface area contributed by atoms with Crippen molar-refractivity contribution in [1.82, 2.24) is 0 Å². The first kappa shape index (κ1) is 15.2. The maximum Gasteiger partial charge on any atom is 0.348 e. The maximum absolute atomic E-state index is 11.6. The van der Waals surface area contributed by atoms with Crippen LogP contribution in [0.1, 0.15) is 38.7 Å². The van der Waals surface area contributed by atoms with E-state index in [0.29, 0.717) is 6.42 Å². The molecule has 0 heterocycles. The Labute approximate surface area is 113 Å². The Bertz CT molecular complexity index is 427. The number of carbonyl (C=O) groups excluding carboxylic acids is 1. The lowest BCUT2D eigenvalue weighted by Crippen LogP contribution is -2.45. The van der Waals surface area contributed by atoms with Crippen LogP contribution in [0.4, 0.5) is 0 Å². The molecule has 0 bridgehead atoms. The Morgan fingerprint density at radius 3 is 2.32 bits per heavy atom. The van der Waals surface area contributed by atoms with Crippen LogP contribution in [0.25, 0.3) is 0 Å². The summed E-state index contributed by atoms with van der Waals surface area (Å²) in [7, 11) is 0. The first-order valence-corrected chi connectivity index (χ1v) is 6.53. The number of hydrogen-bond donors (Lipinski definition) is 1. The fraction of sp³-hybridized carbons (Fsp3) is 0.467. The van der Waals surface area contributed by atoms with Crippen molar-refractivity contribution in [1.29, 1.82) is 0 Å². The number of carbonyl (C=O) groups is 2. The summed E-state index contributed by atoms with van der Waals surface area (Å²) in [6.07, 6.45) is 1.31. The number of ether oxygens (including phenoxy) is 1. The number of carboxylic acids is 1. The molecule has 1 N–H and O–H groups in total. The monoisotopic (exact) mass is 264 g/mol. The molecular weight excluding hydrogens is 244 g/mol. The van der Waals surface area contributed by atoms with E-state index in [4.69, 9.17) is 4.74 Å². The van der Waals surface area contributed by atoms with Crippen molar-refractivity contribution in [2.24, 2.45) is 0 Å². The summed E-state index contributed by atoms with van der Waals surface area (Å²) in [6.45, 7) is 3.57. The van der Waals surface area contributed by atoms with Crippen LogP contribution in [0.15, 0.2) is 30.3 Å². The molecule has 0 saturated carbocycles. The van der Waals surface area contributed by atoms with Crippen LogP contribution >= 0.6 is 0 Å². The maximum atomic E-state index is 11.6. The number of aliphatic carboxylic acids is 1. The SMILES string of the molecule is CCCC(=O)OC(CC)(Cc1ccccc1)C(=O)O. The second-order valence-corrected chi connectivity index (χ2v) is 4.54. The Balaban J connectivity index is 2.92. The largest absolute Gasteiger partial charge is 0.478 e. The van der Waals surface area contributed by atoms with E-state index in [1.54, 1.807) is 6.92 Å². The summed E-state index contributed by atoms with van der Waals surface area (Å²) in [6, 6.07) is 9.21. The lowest BCUT2D eigenvalue weighted by atomic mass is 9.91. The van der Waals surface area contributed by atoms with E-state index < -0.39 is 17.5 Å². The van der Waals surface area contributed by atoms with Gasteiger partial charge in [0.1, 0.15) is 0 Å². The highest BCUT2D eigenvalue weighted by Gasteiger charge is 2.40. The summed E-state index contributed by atoms with van der Waals surface area (Å²) in [5, 5.41) is 9.42. The third-order valence-corrected chi connectivity index (χ3v) is 3.06. The van der Waals surface area contributed by atoms with E-state index in [9.17, 15) is 14.7 Å². The smallest absolute Gasteiger partial charge is 0.348 e. The molecule has 0 saturated heterocycles. The van der Waals surface area contributed by atoms with Crippen LogP contribution in [-0.4, -0.2) is 22.6 Å². The van der Waals surface area contributed by atoms with Crippen LogP contribution in [0.2, 0.25) is 0 Å². The molecule has 1 aromatic rings. The van der Waals surface area contributed by atoms with E-state index >= 15 is 0 Å². The van der Waals surface area contributed by atoms with Gasteiger partial charge in [-0.15, -0.1) is 0 Å². The molecule has 4 nitrogen and oxygen atoms in total. The molecule has 0 aliphatic heterocycles. The van der Waals surface area contributed by atoms with E-state index in [1.807, 2.05) is 37.3 Å². The molecule has 0 aliphatic carbocycles. The average molecular weight is 264 g/mol. The Morgan fingerprint density at radius 2 is 1.84 bits per heavy atom. The minimum atomic E-state index is -1.46. The van der Waals surface area contributed by atoms with Crippen molar-refractivity contribution in [3.05, 3.63) is 35.9 Å². The Hall–Kier alpha value is -1.84. The van der Waals surface area contributed by atoms with Gasteiger partial charge >= 0.3 is 11.9 Å². The van der Waals surface area contributed by atoms with Gasteiger partial charge in [-0.3, -0.25) is 4.79 Å². The van der Waals surface area contributed by atoms with Crippen molar-refractivity contribution in [3.63, 3.8) is 0 Å². The van der Waals surface area contributed by atoms with Gasteiger partial charge in [-0.25, -0.2) is 4.79 Å². The van der Waals surface area contributed by atoms with Crippen LogP contribution in [0, 0.1) is 0 Å². The van der Waals surface area contributed by atoms with Gasteiger partial charge in [-0.1, -0.05) is 44.2 Å². The summed E-state index contributed by atoms with van der Waals surface area (Å²) in [5.41, 5.74) is -0.621. The van der Waals surface area contributed by atoms with E-state index in [0.717, 1.165) is 5.56 Å². The van der Waals surface area contributed by atoms with E-state index in [1.165, 1.54) is 0 Å². The molecule has 1 atom stereocenters. The Kier molecular flexibility index (Phi) is 5.55. The lowest BCUT2D eigenvalue weighted by molar-refractivity contribution is -0.179. The molecule has 0 fully saturated rings. The van der Waals surface area contributed by atoms with Gasteiger partial charge in [0, 0.05) is 12.8 Å². The minimum absolute atomic E-state index is 0.190. The van der Waals surface area contributed by atoms with Gasteiger partial charge in [-0.05, 0) is 18.4 Å². The Morgan fingerprint density at radius 1 is 1.21 bits per heavy atom. The zero-order chi connectivity index (χ0) is 14.3. The highest BCUT2D eigenvalue weighted by Crippen LogP contribution is 2.23. The molecule has 19 heavy (non-hydrogen) atoms. The van der Waals surface area contributed by atoms with Gasteiger partial charge in [0.2, 0.25) is 5.60 Å². The summed E-state index contributed by atoms with van der Waals surface area (Å²) >= 11 is 0. The average Bonchev–Trinajstić information content (AvgIpc) is 2.39. The highest BCUT2D eigenvalue weighted by molar-refractivity contribution is 5.82. The third kappa shape index (κ3) is 4.09. The first-order chi connectivity index (χ1) is 9.04. The molecule has 1 rings (SSSR count). The zero-order valence-corrected chi connectivity index (χ0v) is 11.4. The fourth-order valence-corrected chi connectivity index (χ4v) is 1.90. The van der Waals surface area contributed by atoms with Crippen molar-refractivity contribution in [3.8, 4) is 0 Å². The van der Waals surface area contributed by atoms with Gasteiger partial charge in [0.05, 0.1) is 0 Å². The molecule has 4 heteroatoms. The second-order valence-electron chi connectivity index (χ2n) is 4.54. The van der Waals surface area contributed by atoms with Crippen LogP contribution < -0.4 is 0 Å². The normalized spacial score (nSPS) is 13.6. The van der Waals surface area contributed by atoms with Crippen LogP contribution in [0.5, 0.6) is 0 Å². The highest BCUT2D eigenvalue weighted by atomic mass is 16.6. The second kappa shape index (κ2) is 6.92. The molecular formula is C15H20O4. The molecule has 0 amide bonds. The third-order valence-electron chi connectivity index (χ3n) is 3.06. The van der Waals surface area contributed by atoms with Crippen molar-refractivity contribution < 1.29 is 19.4 Å². The van der Waals surface area contributed by atoms with Crippen molar-refractivity contribution in [2.75, 3.05) is 0 Å². The van der Waals surface area contributed by atoms with E-state index in [2.05, 4.69) is 0 Å². The first-order valence-electron chi connectivity index (χ1n) is 6.53. The minimum Gasteiger partial charge on any atom is -0.478 e. The zero-order valence-electron chi connectivity index (χ0n) is 11.4. The topological polar surface area (TPSA) is 63.6 Å². The number of carboxylic acid groups (broad SMARTS) is 1. The molecule has 0 aromatic heterocycles. The standard InChI is InChI=1S/C15H20O4/c1-3-8-13(16)19-15(4-2,14(17)18)11-12-9-6-5-7-10-12/h5-7,9-10H,3-4,8,11H2,1-2H3,(H,17,18). The van der Waals surface area contributed by atoms with Gasteiger partial charge in [-0.2, -0.15) is 0 Å². The fourth-order valence-electron chi connectivity index (χ4n) is 1.90. The van der Waals surface area contributed by atoms with E-state index in [-0.39, 0.29) is 19.3 Å². The lowest BCUT2D eigenvalue weighted by Gasteiger charge is -2.28. The molecule has 1 unspecified atom stereocenters. The quantitative estimate of drug-likeness (QED) is 0.769. The number of hydrogen-bond acceptors (Lipinski definition) is 3. The van der Waals surface area contributed by atoms with Crippen LogP contribution in [-0.2, 0) is 20.7 Å². The summed E-state index contributed by atoms with van der Waals surface area (Å²) < 4.78 is 5.25. The van der Waals surface area contributed by atoms with Gasteiger partial charge in [0.25, 0.3) is 0 Å². The molecule has 0 radical (unpaired) electrons. The number of benzene rings is 1. The van der Waals surface area contributed by atoms with Crippen LogP contribution in [0.3, 0.4) is 0 Å². The molecule has 0 spiro atoms. The number of rotatable bonds is 7. The predicted octanol–water partition coefficient (Wildman–Crippen LogP) is 2.81. The number of esters is 1. The van der Waals surface area contributed by atoms with Gasteiger partial charge < -0.3 is 9.84 Å². The molecule has 0 aliphatic rings. The van der Waals surface area contributed by atoms with Crippen molar-refractivity contribution >= 4 is 11.9 Å². The van der Waals surface area contributed by atoms with Crippen molar-refractivity contribution in [2.45, 2.75) is 45.1 Å². The van der Waals surface area contributed by atoms with Gasteiger partial charge in [0.15, 0.2) is 0 Å². The predicted molar refractivity (Wildman–Crippen MR) is 71.8 cm³/mol. The summed E-state index contributed by atoms with van der Waals surface area (Å²) in [4.78, 5) is 23.1. The molecule has 104 valence electrons. The molecule has 1 aromatic carbocycles. The summed E-state index contributed by atoms with van der Waals surface area (Å²) in [5.74, 6) is -1.55.